The molecule has 1 aromatic rings. The number of hydrogen-bond donors (Lipinski definition) is 0. The van der Waals surface area contributed by atoms with Crippen LogP contribution in [0.2, 0.25) is 0 Å². The smallest absolute Gasteiger partial charge is 0.339 e. The van der Waals surface area contributed by atoms with Gasteiger partial charge in [-0.3, -0.25) is 4.79 Å². The fourth-order valence-corrected chi connectivity index (χ4v) is 3.47. The number of hydrogen-bond acceptors (Lipinski definition) is 5. The lowest BCUT2D eigenvalue weighted by Crippen LogP contribution is -2.37. The van der Waals surface area contributed by atoms with Gasteiger partial charge in [-0.25, -0.2) is 4.79 Å². The van der Waals surface area contributed by atoms with Crippen molar-refractivity contribution in [3.05, 3.63) is 77.4 Å². The molecule has 0 radical (unpaired) electrons. The molecular formula is C24H26O5. The molecule has 0 bridgehead atoms. The van der Waals surface area contributed by atoms with E-state index in [2.05, 4.69) is 0 Å². The first-order valence-corrected chi connectivity index (χ1v) is 9.61. The molecule has 3 rings (SSSR count). The first kappa shape index (κ1) is 20.6. The minimum absolute atomic E-state index is 0.220. The summed E-state index contributed by atoms with van der Waals surface area (Å²) < 4.78 is 16.9. The summed E-state index contributed by atoms with van der Waals surface area (Å²) in [5.41, 5.74) is -0.241. The summed E-state index contributed by atoms with van der Waals surface area (Å²) in [4.78, 5) is 25.6. The van der Waals surface area contributed by atoms with E-state index >= 15 is 0 Å². The molecule has 0 N–H and O–H groups in total. The van der Waals surface area contributed by atoms with Crippen LogP contribution in [0.25, 0.3) is 0 Å². The van der Waals surface area contributed by atoms with Crippen LogP contribution >= 0.6 is 0 Å². The van der Waals surface area contributed by atoms with Gasteiger partial charge in [0.05, 0.1) is 19.1 Å². The maximum absolute atomic E-state index is 13.4. The molecule has 29 heavy (non-hydrogen) atoms. The number of carbonyl (C=O) groups excluding carboxylic acids is 2. The largest absolute Gasteiger partial charge is 0.497 e. The lowest BCUT2D eigenvalue weighted by atomic mass is 9.80. The second-order valence-corrected chi connectivity index (χ2v) is 7.96. The molecule has 2 aliphatic rings. The number of methoxy groups -OCH3 is 1. The molecule has 0 amide bonds. The van der Waals surface area contributed by atoms with Gasteiger partial charge in [0.2, 0.25) is 0 Å². The topological polar surface area (TPSA) is 61.8 Å². The predicted molar refractivity (Wildman–Crippen MR) is 110 cm³/mol. The van der Waals surface area contributed by atoms with E-state index in [4.69, 9.17) is 14.2 Å². The number of esters is 2. The fraction of sp³-hybridized carbons (Fsp3) is 0.333. The van der Waals surface area contributed by atoms with E-state index < -0.39 is 17.2 Å². The lowest BCUT2D eigenvalue weighted by molar-refractivity contribution is -0.156. The molecule has 1 aliphatic carbocycles. The third-order valence-corrected chi connectivity index (χ3v) is 4.71. The van der Waals surface area contributed by atoms with Crippen molar-refractivity contribution in [3.8, 4) is 5.75 Å². The van der Waals surface area contributed by atoms with E-state index in [1.165, 1.54) is 0 Å². The molecule has 1 heterocycles. The molecule has 5 nitrogen and oxygen atoms in total. The fourth-order valence-electron chi connectivity index (χ4n) is 3.47. The summed E-state index contributed by atoms with van der Waals surface area (Å²) in [6.07, 6.45) is 11.7. The Labute approximate surface area is 171 Å². The second-order valence-electron chi connectivity index (χ2n) is 7.96. The van der Waals surface area contributed by atoms with Gasteiger partial charge in [-0.05, 0) is 38.5 Å². The van der Waals surface area contributed by atoms with E-state index in [-0.39, 0.29) is 12.4 Å². The molecule has 5 heteroatoms. The van der Waals surface area contributed by atoms with E-state index in [1.54, 1.807) is 19.2 Å². The highest BCUT2D eigenvalue weighted by Gasteiger charge is 2.50. The van der Waals surface area contributed by atoms with Gasteiger partial charge in [-0.1, -0.05) is 48.6 Å². The van der Waals surface area contributed by atoms with Crippen LogP contribution in [0.5, 0.6) is 5.75 Å². The zero-order chi connectivity index (χ0) is 21.1. The first-order valence-electron chi connectivity index (χ1n) is 9.61. The number of rotatable bonds is 4. The Kier molecular flexibility index (Phi) is 5.78. The summed E-state index contributed by atoms with van der Waals surface area (Å²) in [5.74, 6) is -0.172. The van der Waals surface area contributed by atoms with Gasteiger partial charge in [-0.15, -0.1) is 0 Å². The van der Waals surface area contributed by atoms with Gasteiger partial charge >= 0.3 is 11.9 Å². The van der Waals surface area contributed by atoms with Crippen LogP contribution in [0.4, 0.5) is 0 Å². The van der Waals surface area contributed by atoms with Crippen LogP contribution in [0.15, 0.2) is 71.9 Å². The van der Waals surface area contributed by atoms with Gasteiger partial charge in [0.1, 0.15) is 11.4 Å². The highest BCUT2D eigenvalue weighted by molar-refractivity contribution is 5.95. The third kappa shape index (κ3) is 4.50. The number of allylic oxidation sites excluding steroid dienone is 7. The van der Waals surface area contributed by atoms with Crippen molar-refractivity contribution in [1.29, 1.82) is 0 Å². The van der Waals surface area contributed by atoms with Crippen molar-refractivity contribution in [3.63, 3.8) is 0 Å². The Bertz CT molecular complexity index is 892. The summed E-state index contributed by atoms with van der Waals surface area (Å²) in [6, 6.07) is 7.23. The Hall–Kier alpha value is -3.08. The SMILES string of the molecule is COc1ccc([C@@]2(C(C(=O)OC(C)(C)C)=C3C=CC=CC=C3)CCC(=O)O2)cc1. The van der Waals surface area contributed by atoms with E-state index in [1.807, 2.05) is 69.4 Å². The van der Waals surface area contributed by atoms with Crippen molar-refractivity contribution in [2.45, 2.75) is 44.8 Å². The van der Waals surface area contributed by atoms with Crippen LogP contribution < -0.4 is 4.74 Å². The van der Waals surface area contributed by atoms with Crippen LogP contribution in [-0.2, 0) is 24.7 Å². The monoisotopic (exact) mass is 394 g/mol. The number of cyclic esters (lactones) is 1. The number of carbonyl (C=O) groups is 2. The average molecular weight is 394 g/mol. The molecule has 1 atom stereocenters. The highest BCUT2D eigenvalue weighted by Crippen LogP contribution is 2.46. The lowest BCUT2D eigenvalue weighted by Gasteiger charge is -2.33. The van der Waals surface area contributed by atoms with Crippen molar-refractivity contribution in [2.75, 3.05) is 7.11 Å². The standard InChI is InChI=1S/C24H26O5/c1-23(2,3)29-22(26)21(17-9-7-5-6-8-10-17)24(16-15-20(25)28-24)18-11-13-19(27-4)14-12-18/h5-14H,15-16H2,1-4H3/t24-/m1/s1. The van der Waals surface area contributed by atoms with Gasteiger partial charge in [-0.2, -0.15) is 0 Å². The van der Waals surface area contributed by atoms with Crippen molar-refractivity contribution in [2.24, 2.45) is 0 Å². The second kappa shape index (κ2) is 8.11. The molecule has 0 spiro atoms. The summed E-state index contributed by atoms with van der Waals surface area (Å²) >= 11 is 0. The molecule has 1 aliphatic heterocycles. The predicted octanol–water partition coefficient (Wildman–Crippen LogP) is 4.55. The average Bonchev–Trinajstić information content (AvgIpc) is 2.87. The quantitative estimate of drug-likeness (QED) is 0.554. The maximum atomic E-state index is 13.4. The van der Waals surface area contributed by atoms with Crippen LogP contribution in [0.3, 0.4) is 0 Å². The summed E-state index contributed by atoms with van der Waals surface area (Å²) in [7, 11) is 1.59. The maximum Gasteiger partial charge on any atom is 0.339 e. The zero-order valence-corrected chi connectivity index (χ0v) is 17.2. The van der Waals surface area contributed by atoms with Gasteiger partial charge in [0.25, 0.3) is 0 Å². The molecule has 0 unspecified atom stereocenters. The van der Waals surface area contributed by atoms with Gasteiger partial charge in [0.15, 0.2) is 5.60 Å². The molecule has 0 aromatic heterocycles. The molecule has 0 saturated carbocycles. The van der Waals surface area contributed by atoms with E-state index in [0.717, 1.165) is 0 Å². The van der Waals surface area contributed by atoms with E-state index in [0.29, 0.717) is 28.9 Å². The summed E-state index contributed by atoms with van der Waals surface area (Å²) in [5, 5.41) is 0. The van der Waals surface area contributed by atoms with Crippen molar-refractivity contribution >= 4 is 11.9 Å². The molecule has 1 fully saturated rings. The van der Waals surface area contributed by atoms with Crippen molar-refractivity contribution in [1.82, 2.24) is 0 Å². The highest BCUT2D eigenvalue weighted by atomic mass is 16.6. The molecule has 152 valence electrons. The Morgan fingerprint density at radius 3 is 2.14 bits per heavy atom. The minimum Gasteiger partial charge on any atom is -0.497 e. The molecular weight excluding hydrogens is 368 g/mol. The Balaban J connectivity index is 2.22. The Morgan fingerprint density at radius 2 is 1.66 bits per heavy atom. The van der Waals surface area contributed by atoms with Gasteiger partial charge in [0, 0.05) is 12.0 Å². The Morgan fingerprint density at radius 1 is 1.03 bits per heavy atom. The van der Waals surface area contributed by atoms with Crippen LogP contribution in [0, 0.1) is 0 Å². The first-order chi connectivity index (χ1) is 13.7. The third-order valence-electron chi connectivity index (χ3n) is 4.71. The number of ether oxygens (including phenoxy) is 3. The van der Waals surface area contributed by atoms with Crippen LogP contribution in [-0.4, -0.2) is 24.6 Å². The minimum atomic E-state index is -1.22. The molecule has 1 aromatic carbocycles. The normalized spacial score (nSPS) is 21.0. The van der Waals surface area contributed by atoms with Crippen LogP contribution in [0.1, 0.15) is 39.2 Å². The number of benzene rings is 1. The van der Waals surface area contributed by atoms with Crippen molar-refractivity contribution < 1.29 is 23.8 Å². The summed E-state index contributed by atoms with van der Waals surface area (Å²) in [6.45, 7) is 5.44. The van der Waals surface area contributed by atoms with Gasteiger partial charge < -0.3 is 14.2 Å². The van der Waals surface area contributed by atoms with E-state index in [9.17, 15) is 9.59 Å². The molecule has 1 saturated heterocycles. The zero-order valence-electron chi connectivity index (χ0n) is 17.2.